The second-order valence-electron chi connectivity index (χ2n) is 6.09. The van der Waals surface area contributed by atoms with Crippen molar-refractivity contribution in [1.29, 1.82) is 0 Å². The predicted molar refractivity (Wildman–Crippen MR) is 103 cm³/mol. The Kier molecular flexibility index (Phi) is 5.97. The number of nitrogen functional groups attached to an aromatic ring is 1. The van der Waals surface area contributed by atoms with Crippen molar-refractivity contribution >= 4 is 17.4 Å². The van der Waals surface area contributed by atoms with E-state index in [0.29, 0.717) is 11.6 Å². The van der Waals surface area contributed by atoms with E-state index in [1.165, 1.54) is 16.0 Å². The van der Waals surface area contributed by atoms with Crippen LogP contribution in [0.2, 0.25) is 0 Å². The molecule has 1 aliphatic heterocycles. The summed E-state index contributed by atoms with van der Waals surface area (Å²) in [4.78, 5) is 1.18. The van der Waals surface area contributed by atoms with Gasteiger partial charge in [0.2, 0.25) is 0 Å². The number of anilines is 1. The second kappa shape index (κ2) is 8.39. The Morgan fingerprint density at radius 3 is 2.80 bits per heavy atom. The Morgan fingerprint density at radius 1 is 1.16 bits per heavy atom. The van der Waals surface area contributed by atoms with Crippen molar-refractivity contribution in [3.8, 4) is 17.2 Å². The fourth-order valence-electron chi connectivity index (χ4n) is 2.93. The lowest BCUT2D eigenvalue weighted by Crippen LogP contribution is -2.01. The van der Waals surface area contributed by atoms with Gasteiger partial charge in [-0.25, -0.2) is 0 Å². The van der Waals surface area contributed by atoms with E-state index in [-0.39, 0.29) is 0 Å². The third kappa shape index (κ3) is 4.34. The van der Waals surface area contributed by atoms with Crippen LogP contribution in [0.4, 0.5) is 5.69 Å². The lowest BCUT2D eigenvalue weighted by Gasteiger charge is -2.13. The number of benzene rings is 2. The van der Waals surface area contributed by atoms with Gasteiger partial charge in [-0.2, -0.15) is 0 Å². The number of ether oxygens (including phenoxy) is 3. The number of thioether (sulfide) groups is 1. The van der Waals surface area contributed by atoms with Crippen LogP contribution in [0.15, 0.2) is 35.2 Å². The quantitative estimate of drug-likeness (QED) is 0.693. The average Bonchev–Trinajstić information content (AvgIpc) is 3.07. The molecule has 0 saturated carbocycles. The molecule has 5 heteroatoms. The van der Waals surface area contributed by atoms with Gasteiger partial charge in [-0.05, 0) is 61.1 Å². The van der Waals surface area contributed by atoms with Gasteiger partial charge in [-0.3, -0.25) is 0 Å². The maximum absolute atomic E-state index is 5.99. The second-order valence-corrected chi connectivity index (χ2v) is 7.06. The van der Waals surface area contributed by atoms with Crippen LogP contribution in [0.3, 0.4) is 0 Å². The van der Waals surface area contributed by atoms with Crippen molar-refractivity contribution in [3.05, 3.63) is 41.5 Å². The van der Waals surface area contributed by atoms with Gasteiger partial charge < -0.3 is 19.9 Å². The van der Waals surface area contributed by atoms with Crippen LogP contribution < -0.4 is 19.9 Å². The molecule has 0 saturated heterocycles. The van der Waals surface area contributed by atoms with Gasteiger partial charge in [-0.15, -0.1) is 0 Å². The monoisotopic (exact) mass is 359 g/mol. The van der Waals surface area contributed by atoms with Gasteiger partial charge in [0, 0.05) is 0 Å². The van der Waals surface area contributed by atoms with Crippen LogP contribution in [0.1, 0.15) is 30.9 Å². The Labute approximate surface area is 153 Å². The van der Waals surface area contributed by atoms with Gasteiger partial charge in [0.1, 0.15) is 23.2 Å². The first-order valence-electron chi connectivity index (χ1n) is 8.69. The highest BCUT2D eigenvalue weighted by molar-refractivity contribution is 7.99. The Morgan fingerprint density at radius 2 is 2.04 bits per heavy atom. The number of nitrogens with two attached hydrogens (primary N) is 1. The van der Waals surface area contributed by atoms with Crippen LogP contribution in [0.25, 0.3) is 0 Å². The SMILES string of the molecule is CCCOc1cc2c(cc1CCCc1ccc(OC)c(N)c1)OCS2. The summed E-state index contributed by atoms with van der Waals surface area (Å²) >= 11 is 1.72. The number of methoxy groups -OCH3 is 1. The molecule has 2 N–H and O–H groups in total. The van der Waals surface area contributed by atoms with Crippen LogP contribution in [-0.2, 0) is 12.8 Å². The van der Waals surface area contributed by atoms with E-state index in [2.05, 4.69) is 25.1 Å². The van der Waals surface area contributed by atoms with E-state index in [1.807, 2.05) is 12.1 Å². The number of fused-ring (bicyclic) bond motifs is 1. The van der Waals surface area contributed by atoms with Crippen molar-refractivity contribution < 1.29 is 14.2 Å². The molecular formula is C20H25NO3S. The topological polar surface area (TPSA) is 53.7 Å². The molecule has 0 aromatic heterocycles. The molecule has 3 rings (SSSR count). The Bertz CT molecular complexity index is 733. The lowest BCUT2D eigenvalue weighted by molar-refractivity contribution is 0.312. The van der Waals surface area contributed by atoms with Crippen molar-refractivity contribution in [2.45, 2.75) is 37.5 Å². The summed E-state index contributed by atoms with van der Waals surface area (Å²) in [6.45, 7) is 2.87. The number of hydrogen-bond acceptors (Lipinski definition) is 5. The zero-order chi connectivity index (χ0) is 17.6. The van der Waals surface area contributed by atoms with E-state index < -0.39 is 0 Å². The molecule has 4 nitrogen and oxygen atoms in total. The molecule has 0 unspecified atom stereocenters. The average molecular weight is 359 g/mol. The highest BCUT2D eigenvalue weighted by Gasteiger charge is 2.17. The number of rotatable bonds is 8. The third-order valence-electron chi connectivity index (χ3n) is 4.22. The molecule has 25 heavy (non-hydrogen) atoms. The summed E-state index contributed by atoms with van der Waals surface area (Å²) in [5.74, 6) is 3.40. The van der Waals surface area contributed by atoms with Gasteiger partial charge in [0.15, 0.2) is 0 Å². The minimum absolute atomic E-state index is 0.690. The van der Waals surface area contributed by atoms with Gasteiger partial charge >= 0.3 is 0 Å². The van der Waals surface area contributed by atoms with Crippen molar-refractivity contribution in [2.24, 2.45) is 0 Å². The van der Waals surface area contributed by atoms with Crippen molar-refractivity contribution in [1.82, 2.24) is 0 Å². The van der Waals surface area contributed by atoms with Crippen LogP contribution >= 0.6 is 11.8 Å². The molecule has 0 atom stereocenters. The zero-order valence-corrected chi connectivity index (χ0v) is 15.7. The standard InChI is InChI=1S/C20H25NO3S/c1-3-9-23-18-12-20-19(24-13-25-20)11-15(18)6-4-5-14-7-8-17(22-2)16(21)10-14/h7-8,10-12H,3-6,9,13,21H2,1-2H3. The van der Waals surface area contributed by atoms with Crippen molar-refractivity contribution in [3.63, 3.8) is 0 Å². The fourth-order valence-corrected chi connectivity index (χ4v) is 3.69. The molecule has 0 fully saturated rings. The lowest BCUT2D eigenvalue weighted by atomic mass is 10.0. The smallest absolute Gasteiger partial charge is 0.141 e. The minimum atomic E-state index is 0.690. The number of aryl methyl sites for hydroxylation is 2. The van der Waals surface area contributed by atoms with E-state index in [1.54, 1.807) is 18.9 Å². The molecule has 134 valence electrons. The first-order chi connectivity index (χ1) is 12.2. The van der Waals surface area contributed by atoms with Crippen molar-refractivity contribution in [2.75, 3.05) is 25.4 Å². The fraction of sp³-hybridized carbons (Fsp3) is 0.400. The predicted octanol–water partition coefficient (Wildman–Crippen LogP) is 4.68. The molecular weight excluding hydrogens is 334 g/mol. The summed E-state index contributed by atoms with van der Waals surface area (Å²) in [7, 11) is 1.64. The molecule has 0 bridgehead atoms. The van der Waals surface area contributed by atoms with E-state index in [9.17, 15) is 0 Å². The molecule has 1 heterocycles. The van der Waals surface area contributed by atoms with Gasteiger partial charge in [0.05, 0.1) is 24.3 Å². The van der Waals surface area contributed by atoms with E-state index >= 15 is 0 Å². The van der Waals surface area contributed by atoms with Crippen LogP contribution in [0.5, 0.6) is 17.2 Å². The molecule has 2 aromatic carbocycles. The van der Waals surface area contributed by atoms with Gasteiger partial charge in [-0.1, -0.05) is 24.8 Å². The Balaban J connectivity index is 1.66. The molecule has 0 spiro atoms. The third-order valence-corrected chi connectivity index (χ3v) is 5.09. The zero-order valence-electron chi connectivity index (χ0n) is 14.8. The maximum Gasteiger partial charge on any atom is 0.141 e. The summed E-state index contributed by atoms with van der Waals surface area (Å²) in [5.41, 5.74) is 9.12. The first kappa shape index (κ1) is 17.8. The number of hydrogen-bond donors (Lipinski definition) is 1. The van der Waals surface area contributed by atoms with E-state index in [4.69, 9.17) is 19.9 Å². The van der Waals surface area contributed by atoms with Gasteiger partial charge in [0.25, 0.3) is 0 Å². The van der Waals surface area contributed by atoms with Crippen LogP contribution in [0, 0.1) is 0 Å². The summed E-state index contributed by atoms with van der Waals surface area (Å²) in [5, 5.41) is 0. The maximum atomic E-state index is 5.99. The molecule has 0 radical (unpaired) electrons. The summed E-state index contributed by atoms with van der Waals surface area (Å²) < 4.78 is 16.9. The molecule has 1 aliphatic rings. The van der Waals surface area contributed by atoms with E-state index in [0.717, 1.165) is 49.5 Å². The minimum Gasteiger partial charge on any atom is -0.495 e. The highest BCUT2D eigenvalue weighted by atomic mass is 32.2. The normalized spacial score (nSPS) is 12.6. The summed E-state index contributed by atoms with van der Waals surface area (Å²) in [6.07, 6.45) is 3.95. The molecule has 2 aromatic rings. The highest BCUT2D eigenvalue weighted by Crippen LogP contribution is 2.41. The molecule has 0 aliphatic carbocycles. The molecule has 0 amide bonds. The Hall–Kier alpha value is -2.01. The van der Waals surface area contributed by atoms with Crippen LogP contribution in [-0.4, -0.2) is 19.7 Å². The largest absolute Gasteiger partial charge is 0.495 e. The summed E-state index contributed by atoms with van der Waals surface area (Å²) in [6, 6.07) is 10.3. The first-order valence-corrected chi connectivity index (χ1v) is 9.67.